The van der Waals surface area contributed by atoms with Crippen molar-refractivity contribution in [3.8, 4) is 0 Å². The van der Waals surface area contributed by atoms with Gasteiger partial charge in [0, 0.05) is 11.8 Å². The molecule has 0 saturated carbocycles. The van der Waals surface area contributed by atoms with Crippen LogP contribution in [0.1, 0.15) is 33.6 Å². The molecule has 0 heterocycles. The lowest BCUT2D eigenvalue weighted by molar-refractivity contribution is -0.135. The van der Waals surface area contributed by atoms with E-state index in [-0.39, 0.29) is 5.69 Å². The first-order valence-electron chi connectivity index (χ1n) is 6.51. The third kappa shape index (κ3) is 5.44. The highest BCUT2D eigenvalue weighted by Crippen LogP contribution is 2.13. The first kappa shape index (κ1) is 18.2. The molecule has 1 rings (SSSR count). The summed E-state index contributed by atoms with van der Waals surface area (Å²) >= 11 is 0. The molecule has 0 fully saturated rings. The zero-order valence-corrected chi connectivity index (χ0v) is 11.9. The van der Waals surface area contributed by atoms with E-state index in [1.165, 1.54) is 0 Å². The Bertz CT molecular complexity index is 464. The number of rotatable bonds is 5. The van der Waals surface area contributed by atoms with Crippen molar-refractivity contribution >= 4 is 17.4 Å². The van der Waals surface area contributed by atoms with E-state index in [4.69, 9.17) is 5.73 Å². The molecule has 1 aromatic rings. The number of benzene rings is 1. The summed E-state index contributed by atoms with van der Waals surface area (Å²) in [6.07, 6.45) is 1.06. The molecule has 0 spiro atoms. The average Bonchev–Trinajstić information content (AvgIpc) is 2.44. The van der Waals surface area contributed by atoms with Crippen molar-refractivity contribution in [1.29, 1.82) is 0 Å². The second kappa shape index (κ2) is 9.14. The van der Waals surface area contributed by atoms with Gasteiger partial charge in [-0.15, -0.1) is 0 Å². The van der Waals surface area contributed by atoms with Crippen LogP contribution in [0.15, 0.2) is 18.2 Å². The van der Waals surface area contributed by atoms with Gasteiger partial charge in [-0.25, -0.2) is 8.78 Å². The number of carbonyl (C=O) groups excluding carboxylic acids is 2. The number of carbonyl (C=O) groups is 2. The van der Waals surface area contributed by atoms with Gasteiger partial charge in [-0.3, -0.25) is 9.59 Å². The Morgan fingerprint density at radius 3 is 2.35 bits per heavy atom. The Hall–Kier alpha value is -1.82. The minimum atomic E-state index is -1.10. The molecule has 112 valence electrons. The van der Waals surface area contributed by atoms with Gasteiger partial charge in [0.1, 0.15) is 0 Å². The van der Waals surface area contributed by atoms with Crippen LogP contribution in [0.2, 0.25) is 0 Å². The lowest BCUT2D eigenvalue weighted by Crippen LogP contribution is -2.39. The highest BCUT2D eigenvalue weighted by atomic mass is 19.2. The summed E-state index contributed by atoms with van der Waals surface area (Å²) in [6.45, 7) is 5.83. The van der Waals surface area contributed by atoms with E-state index in [9.17, 15) is 18.4 Å². The van der Waals surface area contributed by atoms with Crippen LogP contribution in [-0.2, 0) is 9.59 Å². The molecule has 1 aromatic carbocycles. The van der Waals surface area contributed by atoms with E-state index in [1.807, 2.05) is 20.8 Å². The number of ketones is 1. The Labute approximate surface area is 117 Å². The maximum Gasteiger partial charge on any atom is 0.293 e. The number of halogens is 2. The SMILES string of the molecule is CC.CCCC(N)C(=O)C(=O)Nc1ccc(F)c(F)c1. The molecule has 6 heteroatoms. The Kier molecular flexibility index (Phi) is 8.31. The first-order chi connectivity index (χ1) is 9.45. The number of anilines is 1. The van der Waals surface area contributed by atoms with Crippen molar-refractivity contribution in [3.63, 3.8) is 0 Å². The quantitative estimate of drug-likeness (QED) is 0.817. The summed E-state index contributed by atoms with van der Waals surface area (Å²) in [6, 6.07) is 1.95. The molecule has 0 saturated heterocycles. The lowest BCUT2D eigenvalue weighted by atomic mass is 10.1. The van der Waals surface area contributed by atoms with Crippen molar-refractivity contribution in [2.75, 3.05) is 5.32 Å². The maximum atomic E-state index is 12.9. The third-order valence-electron chi connectivity index (χ3n) is 2.34. The van der Waals surface area contributed by atoms with Crippen LogP contribution in [0.5, 0.6) is 0 Å². The largest absolute Gasteiger partial charge is 0.321 e. The molecule has 0 aliphatic heterocycles. The van der Waals surface area contributed by atoms with E-state index in [0.29, 0.717) is 12.8 Å². The van der Waals surface area contributed by atoms with Crippen molar-refractivity contribution in [3.05, 3.63) is 29.8 Å². The van der Waals surface area contributed by atoms with E-state index in [2.05, 4.69) is 5.32 Å². The average molecular weight is 286 g/mol. The van der Waals surface area contributed by atoms with Crippen LogP contribution in [0.25, 0.3) is 0 Å². The summed E-state index contributed by atoms with van der Waals surface area (Å²) in [5.41, 5.74) is 5.50. The third-order valence-corrected chi connectivity index (χ3v) is 2.34. The molecule has 0 aliphatic carbocycles. The monoisotopic (exact) mass is 286 g/mol. The Morgan fingerprint density at radius 1 is 1.25 bits per heavy atom. The van der Waals surface area contributed by atoms with Crippen LogP contribution < -0.4 is 11.1 Å². The van der Waals surface area contributed by atoms with Gasteiger partial charge < -0.3 is 11.1 Å². The summed E-state index contributed by atoms with van der Waals surface area (Å²) in [7, 11) is 0. The molecular weight excluding hydrogens is 266 g/mol. The zero-order valence-electron chi connectivity index (χ0n) is 11.9. The molecule has 0 aliphatic rings. The molecule has 0 bridgehead atoms. The van der Waals surface area contributed by atoms with Crippen LogP contribution in [-0.4, -0.2) is 17.7 Å². The fourth-order valence-corrected chi connectivity index (χ4v) is 1.38. The molecule has 0 radical (unpaired) electrons. The van der Waals surface area contributed by atoms with Crippen molar-refractivity contribution in [2.24, 2.45) is 5.73 Å². The minimum absolute atomic E-state index is 0.0101. The van der Waals surface area contributed by atoms with Gasteiger partial charge >= 0.3 is 0 Å². The zero-order chi connectivity index (χ0) is 15.7. The van der Waals surface area contributed by atoms with Gasteiger partial charge in [-0.1, -0.05) is 27.2 Å². The van der Waals surface area contributed by atoms with Crippen LogP contribution >= 0.6 is 0 Å². The van der Waals surface area contributed by atoms with Gasteiger partial charge in [-0.05, 0) is 18.6 Å². The van der Waals surface area contributed by atoms with Gasteiger partial charge in [0.25, 0.3) is 5.91 Å². The molecule has 1 unspecified atom stereocenters. The molecule has 1 atom stereocenters. The summed E-state index contributed by atoms with van der Waals surface area (Å²) in [5, 5.41) is 2.17. The minimum Gasteiger partial charge on any atom is -0.321 e. The molecule has 4 nitrogen and oxygen atoms in total. The van der Waals surface area contributed by atoms with Crippen molar-refractivity contribution in [1.82, 2.24) is 0 Å². The van der Waals surface area contributed by atoms with Crippen LogP contribution in [0.3, 0.4) is 0 Å². The van der Waals surface area contributed by atoms with E-state index < -0.39 is 29.4 Å². The second-order valence-electron chi connectivity index (χ2n) is 3.84. The number of Topliss-reactive ketones (excluding diaryl/α,β-unsaturated/α-hetero) is 1. The number of nitrogens with two attached hydrogens (primary N) is 1. The number of hydrogen-bond donors (Lipinski definition) is 2. The molecule has 0 aromatic heterocycles. The second-order valence-corrected chi connectivity index (χ2v) is 3.84. The number of nitrogens with one attached hydrogen (secondary N) is 1. The van der Waals surface area contributed by atoms with Crippen LogP contribution in [0.4, 0.5) is 14.5 Å². The Morgan fingerprint density at radius 2 is 1.85 bits per heavy atom. The molecule has 1 amide bonds. The molecule has 20 heavy (non-hydrogen) atoms. The van der Waals surface area contributed by atoms with Gasteiger partial charge in [0.05, 0.1) is 6.04 Å². The highest BCUT2D eigenvalue weighted by Gasteiger charge is 2.21. The Balaban J connectivity index is 0.00000172. The fraction of sp³-hybridized carbons (Fsp3) is 0.429. The first-order valence-corrected chi connectivity index (χ1v) is 6.51. The number of hydrogen-bond acceptors (Lipinski definition) is 3. The summed E-state index contributed by atoms with van der Waals surface area (Å²) < 4.78 is 25.5. The van der Waals surface area contributed by atoms with Gasteiger partial charge in [0.15, 0.2) is 11.6 Å². The predicted octanol–water partition coefficient (Wildman–Crippen LogP) is 2.63. The fourth-order valence-electron chi connectivity index (χ4n) is 1.38. The van der Waals surface area contributed by atoms with Gasteiger partial charge in [-0.2, -0.15) is 0 Å². The van der Waals surface area contributed by atoms with Gasteiger partial charge in [0.2, 0.25) is 5.78 Å². The molecular formula is C14H20F2N2O2. The lowest BCUT2D eigenvalue weighted by Gasteiger charge is -2.09. The van der Waals surface area contributed by atoms with E-state index >= 15 is 0 Å². The topological polar surface area (TPSA) is 72.2 Å². The maximum absolute atomic E-state index is 12.9. The van der Waals surface area contributed by atoms with Crippen molar-refractivity contribution in [2.45, 2.75) is 39.7 Å². The summed E-state index contributed by atoms with van der Waals surface area (Å²) in [5.74, 6) is -3.83. The normalized spacial score (nSPS) is 11.1. The standard InChI is InChI=1S/C12H14F2N2O2.C2H6/c1-2-3-10(15)11(17)12(18)16-7-4-5-8(13)9(14)6-7;1-2/h4-6,10H,2-3,15H2,1H3,(H,16,18);1-2H3. The smallest absolute Gasteiger partial charge is 0.293 e. The highest BCUT2D eigenvalue weighted by molar-refractivity contribution is 6.42. The number of amides is 1. The predicted molar refractivity (Wildman–Crippen MR) is 74.2 cm³/mol. The van der Waals surface area contributed by atoms with E-state index in [1.54, 1.807) is 0 Å². The van der Waals surface area contributed by atoms with Crippen molar-refractivity contribution < 1.29 is 18.4 Å². The van der Waals surface area contributed by atoms with Crippen LogP contribution in [0, 0.1) is 11.6 Å². The van der Waals surface area contributed by atoms with E-state index in [0.717, 1.165) is 18.2 Å². The molecule has 3 N–H and O–H groups in total. The summed E-state index contributed by atoms with van der Waals surface area (Å²) in [4.78, 5) is 23.0.